The highest BCUT2D eigenvalue weighted by atomic mass is 19.4. The quantitative estimate of drug-likeness (QED) is 0.489. The van der Waals surface area contributed by atoms with E-state index in [0.29, 0.717) is 56.0 Å². The third-order valence-electron chi connectivity index (χ3n) is 5.98. The summed E-state index contributed by atoms with van der Waals surface area (Å²) in [6.07, 6.45) is -3.18. The highest BCUT2D eigenvalue weighted by Gasteiger charge is 2.32. The fraction of sp³-hybridized carbons (Fsp3) is 0.538. The SMILES string of the molecule is CC(C)Cc1nc(N2CCCN(C(=O)NC(C)(C)C)CC2)c2c(-c3cccc(C(F)(F)F)c3)noc2n1. The van der Waals surface area contributed by atoms with E-state index in [4.69, 9.17) is 9.51 Å². The number of carbonyl (C=O) groups excluding carboxylic acids is 1. The van der Waals surface area contributed by atoms with Crippen molar-refractivity contribution < 1.29 is 22.5 Å². The fourth-order valence-corrected chi connectivity index (χ4v) is 4.34. The van der Waals surface area contributed by atoms with Crippen LogP contribution in [0.4, 0.5) is 23.8 Å². The van der Waals surface area contributed by atoms with Crippen LogP contribution in [0, 0.1) is 5.92 Å². The molecule has 4 rings (SSSR count). The fourth-order valence-electron chi connectivity index (χ4n) is 4.34. The standard InChI is InChI=1S/C26H33F3N6O2/c1-16(2)14-19-30-22(34-10-7-11-35(13-12-34)24(36)32-25(3,4)5)20-21(33-37-23(20)31-19)17-8-6-9-18(15-17)26(27,28)29/h6,8-9,15-16H,7,10-14H2,1-5H3,(H,32,36). The summed E-state index contributed by atoms with van der Waals surface area (Å²) >= 11 is 0. The van der Waals surface area contributed by atoms with Crippen molar-refractivity contribution in [1.82, 2.24) is 25.3 Å². The lowest BCUT2D eigenvalue weighted by atomic mass is 10.1. The Kier molecular flexibility index (Phi) is 7.34. The van der Waals surface area contributed by atoms with Gasteiger partial charge in [0.25, 0.3) is 5.71 Å². The maximum Gasteiger partial charge on any atom is 0.416 e. The number of urea groups is 1. The molecule has 0 radical (unpaired) electrons. The smallest absolute Gasteiger partial charge is 0.354 e. The third-order valence-corrected chi connectivity index (χ3v) is 5.98. The van der Waals surface area contributed by atoms with Gasteiger partial charge >= 0.3 is 12.2 Å². The molecule has 1 aliphatic rings. The van der Waals surface area contributed by atoms with Gasteiger partial charge in [-0.1, -0.05) is 31.1 Å². The number of nitrogens with zero attached hydrogens (tertiary/aromatic N) is 5. The van der Waals surface area contributed by atoms with Crippen LogP contribution in [0.2, 0.25) is 0 Å². The number of rotatable bonds is 4. The molecule has 1 fully saturated rings. The van der Waals surface area contributed by atoms with E-state index in [-0.39, 0.29) is 34.5 Å². The van der Waals surface area contributed by atoms with Gasteiger partial charge in [0, 0.05) is 43.7 Å². The molecule has 2 amide bonds. The minimum absolute atomic E-state index is 0.127. The summed E-state index contributed by atoms with van der Waals surface area (Å²) in [5, 5.41) is 7.60. The van der Waals surface area contributed by atoms with Gasteiger partial charge in [0.2, 0.25) is 0 Å². The molecule has 1 saturated heterocycles. The van der Waals surface area contributed by atoms with Crippen LogP contribution in [0.3, 0.4) is 0 Å². The van der Waals surface area contributed by atoms with Gasteiger partial charge in [-0.25, -0.2) is 9.78 Å². The molecule has 8 nitrogen and oxygen atoms in total. The van der Waals surface area contributed by atoms with E-state index in [1.54, 1.807) is 11.0 Å². The number of aromatic nitrogens is 3. The molecule has 0 unspecified atom stereocenters. The summed E-state index contributed by atoms with van der Waals surface area (Å²) in [6, 6.07) is 4.88. The highest BCUT2D eigenvalue weighted by Crippen LogP contribution is 2.37. The van der Waals surface area contributed by atoms with Crippen molar-refractivity contribution in [3.8, 4) is 11.3 Å². The van der Waals surface area contributed by atoms with Crippen LogP contribution in [0.15, 0.2) is 28.8 Å². The summed E-state index contributed by atoms with van der Waals surface area (Å²) in [5.74, 6) is 1.43. The van der Waals surface area contributed by atoms with E-state index in [2.05, 4.69) is 29.3 Å². The Morgan fingerprint density at radius 2 is 1.86 bits per heavy atom. The highest BCUT2D eigenvalue weighted by molar-refractivity contribution is 5.98. The maximum absolute atomic E-state index is 13.4. The number of benzene rings is 1. The second-order valence-corrected chi connectivity index (χ2v) is 10.9. The Hall–Kier alpha value is -3.37. The summed E-state index contributed by atoms with van der Waals surface area (Å²) in [4.78, 5) is 26.0. The van der Waals surface area contributed by atoms with Crippen molar-refractivity contribution in [2.75, 3.05) is 31.1 Å². The van der Waals surface area contributed by atoms with Gasteiger partial charge in [0.15, 0.2) is 0 Å². The largest absolute Gasteiger partial charge is 0.416 e. The molecule has 0 atom stereocenters. The number of halogens is 3. The van der Waals surface area contributed by atoms with E-state index in [9.17, 15) is 18.0 Å². The number of carbonyl (C=O) groups is 1. The molecule has 0 saturated carbocycles. The van der Waals surface area contributed by atoms with Crippen molar-refractivity contribution in [3.63, 3.8) is 0 Å². The van der Waals surface area contributed by atoms with E-state index >= 15 is 0 Å². The van der Waals surface area contributed by atoms with Crippen LogP contribution in [-0.2, 0) is 12.6 Å². The average Bonchev–Trinajstić information content (AvgIpc) is 3.05. The van der Waals surface area contributed by atoms with Crippen LogP contribution >= 0.6 is 0 Å². The van der Waals surface area contributed by atoms with Gasteiger partial charge < -0.3 is 19.6 Å². The van der Waals surface area contributed by atoms with Gasteiger partial charge in [-0.15, -0.1) is 0 Å². The predicted octanol–water partition coefficient (Wildman–Crippen LogP) is 5.52. The van der Waals surface area contributed by atoms with Crippen LogP contribution in [0.1, 0.15) is 52.4 Å². The minimum atomic E-state index is -4.48. The Labute approximate surface area is 214 Å². The first-order valence-corrected chi connectivity index (χ1v) is 12.5. The minimum Gasteiger partial charge on any atom is -0.354 e. The second kappa shape index (κ2) is 10.2. The maximum atomic E-state index is 13.4. The number of hydrogen-bond acceptors (Lipinski definition) is 6. The number of amides is 2. The second-order valence-electron chi connectivity index (χ2n) is 10.9. The lowest BCUT2D eigenvalue weighted by Crippen LogP contribution is -2.49. The molecule has 2 aromatic heterocycles. The van der Waals surface area contributed by atoms with Gasteiger partial charge in [-0.3, -0.25) is 0 Å². The molecular formula is C26H33F3N6O2. The van der Waals surface area contributed by atoms with Crippen molar-refractivity contribution in [3.05, 3.63) is 35.7 Å². The lowest BCUT2D eigenvalue weighted by Gasteiger charge is -2.28. The Balaban J connectivity index is 1.74. The number of nitrogens with one attached hydrogen (secondary N) is 1. The van der Waals surface area contributed by atoms with E-state index in [1.165, 1.54) is 6.07 Å². The topological polar surface area (TPSA) is 87.4 Å². The first-order chi connectivity index (χ1) is 17.3. The average molecular weight is 519 g/mol. The van der Waals surface area contributed by atoms with Crippen molar-refractivity contribution >= 4 is 22.9 Å². The Bertz CT molecular complexity index is 1270. The number of hydrogen-bond donors (Lipinski definition) is 1. The first kappa shape index (κ1) is 26.7. The molecule has 0 spiro atoms. The van der Waals surface area contributed by atoms with Crippen LogP contribution in [-0.4, -0.2) is 57.8 Å². The first-order valence-electron chi connectivity index (χ1n) is 12.5. The summed E-state index contributed by atoms with van der Waals surface area (Å²) in [5.41, 5.74) is -0.347. The molecule has 1 N–H and O–H groups in total. The van der Waals surface area contributed by atoms with Crippen molar-refractivity contribution in [2.24, 2.45) is 5.92 Å². The van der Waals surface area contributed by atoms with Gasteiger partial charge in [-0.05, 0) is 45.2 Å². The zero-order valence-electron chi connectivity index (χ0n) is 21.8. The Morgan fingerprint density at radius 3 is 2.54 bits per heavy atom. The van der Waals surface area contributed by atoms with Gasteiger partial charge in [-0.2, -0.15) is 18.2 Å². The molecule has 11 heteroatoms. The molecule has 0 aliphatic carbocycles. The zero-order chi connectivity index (χ0) is 27.0. The molecule has 3 heterocycles. The third kappa shape index (κ3) is 6.31. The van der Waals surface area contributed by atoms with Crippen molar-refractivity contribution in [2.45, 2.75) is 59.2 Å². The molecule has 1 aromatic carbocycles. The summed E-state index contributed by atoms with van der Waals surface area (Å²) in [6.45, 7) is 12.1. The van der Waals surface area contributed by atoms with E-state index in [0.717, 1.165) is 12.1 Å². The Morgan fingerprint density at radius 1 is 1.11 bits per heavy atom. The molecule has 0 bridgehead atoms. The number of alkyl halides is 3. The van der Waals surface area contributed by atoms with Crippen LogP contribution < -0.4 is 10.2 Å². The van der Waals surface area contributed by atoms with Gasteiger partial charge in [0.05, 0.1) is 5.56 Å². The van der Waals surface area contributed by atoms with Crippen LogP contribution in [0.5, 0.6) is 0 Å². The van der Waals surface area contributed by atoms with E-state index < -0.39 is 11.7 Å². The van der Waals surface area contributed by atoms with E-state index in [1.807, 2.05) is 25.7 Å². The zero-order valence-corrected chi connectivity index (χ0v) is 21.8. The molecule has 3 aromatic rings. The molecule has 37 heavy (non-hydrogen) atoms. The monoisotopic (exact) mass is 518 g/mol. The van der Waals surface area contributed by atoms with Gasteiger partial charge in [0.1, 0.15) is 22.7 Å². The molecule has 200 valence electrons. The number of anilines is 1. The molecular weight excluding hydrogens is 485 g/mol. The predicted molar refractivity (Wildman–Crippen MR) is 135 cm³/mol. The number of fused-ring (bicyclic) bond motifs is 1. The normalized spacial score (nSPS) is 15.4. The molecule has 1 aliphatic heterocycles. The lowest BCUT2D eigenvalue weighted by molar-refractivity contribution is -0.137. The summed E-state index contributed by atoms with van der Waals surface area (Å²) < 4.78 is 45.8. The van der Waals surface area contributed by atoms with Crippen molar-refractivity contribution in [1.29, 1.82) is 0 Å². The summed E-state index contributed by atoms with van der Waals surface area (Å²) in [7, 11) is 0. The van der Waals surface area contributed by atoms with Crippen LogP contribution in [0.25, 0.3) is 22.4 Å².